The van der Waals surface area contributed by atoms with Crippen molar-refractivity contribution < 1.29 is 14.2 Å². The number of aromatic hydroxyl groups is 1. The largest absolute Gasteiger partial charge is 0.508 e. The Morgan fingerprint density at radius 3 is 2.46 bits per heavy atom. The Morgan fingerprint density at radius 2 is 1.81 bits per heavy atom. The summed E-state index contributed by atoms with van der Waals surface area (Å²) >= 11 is 0. The maximum Gasteiger partial charge on any atom is 0.126 e. The zero-order chi connectivity index (χ0) is 17.6. The topological polar surface area (TPSA) is 32.7 Å². The summed E-state index contributed by atoms with van der Waals surface area (Å²) in [6.45, 7) is 5.54. The quantitative estimate of drug-likeness (QED) is 0.796. The Hall–Kier alpha value is -1.78. The summed E-state index contributed by atoms with van der Waals surface area (Å²) in [6.07, 6.45) is 3.04. The van der Waals surface area contributed by atoms with E-state index in [-0.39, 0.29) is 24.0 Å². The third-order valence-corrected chi connectivity index (χ3v) is 4.94. The highest BCUT2D eigenvalue weighted by Gasteiger charge is 2.20. The van der Waals surface area contributed by atoms with Gasteiger partial charge in [0.1, 0.15) is 23.9 Å². The highest BCUT2D eigenvalue weighted by Crippen LogP contribution is 2.23. The number of phenols is 1. The van der Waals surface area contributed by atoms with Crippen molar-refractivity contribution in [2.45, 2.75) is 26.2 Å². The molecule has 1 heterocycles. The van der Waals surface area contributed by atoms with Gasteiger partial charge in [-0.05, 0) is 86.7 Å². The fourth-order valence-corrected chi connectivity index (χ4v) is 3.38. The van der Waals surface area contributed by atoms with Crippen molar-refractivity contribution in [2.75, 3.05) is 26.2 Å². The molecule has 0 unspecified atom stereocenters. The molecule has 0 bridgehead atoms. The second-order valence-corrected chi connectivity index (χ2v) is 6.93. The Morgan fingerprint density at radius 1 is 1.12 bits per heavy atom. The summed E-state index contributed by atoms with van der Waals surface area (Å²) in [7, 11) is 0. The average molecular weight is 380 g/mol. The van der Waals surface area contributed by atoms with Crippen LogP contribution in [0.1, 0.15) is 24.0 Å². The predicted molar refractivity (Wildman–Crippen MR) is 105 cm³/mol. The average Bonchev–Trinajstić information content (AvgIpc) is 2.61. The molecule has 142 valence electrons. The number of halogens is 2. The van der Waals surface area contributed by atoms with Gasteiger partial charge in [0.25, 0.3) is 0 Å². The van der Waals surface area contributed by atoms with Crippen LogP contribution in [-0.2, 0) is 6.42 Å². The van der Waals surface area contributed by atoms with Gasteiger partial charge in [-0.1, -0.05) is 12.1 Å². The lowest BCUT2D eigenvalue weighted by Crippen LogP contribution is -2.37. The monoisotopic (exact) mass is 379 g/mol. The molecule has 1 aliphatic heterocycles. The fraction of sp³-hybridized carbons (Fsp3) is 0.429. The summed E-state index contributed by atoms with van der Waals surface area (Å²) in [6, 6.07) is 12.4. The SMILES string of the molecule is Cc1ccc(CC2CCN(CCOc3ccc(O)cc3)CC2)c(F)c1.Cl. The maximum atomic E-state index is 14.0. The zero-order valence-electron chi connectivity index (χ0n) is 15.2. The van der Waals surface area contributed by atoms with Crippen LogP contribution in [0.25, 0.3) is 0 Å². The molecule has 3 nitrogen and oxygen atoms in total. The Kier molecular flexibility index (Phi) is 7.73. The molecule has 0 saturated carbocycles. The lowest BCUT2D eigenvalue weighted by molar-refractivity contribution is 0.154. The van der Waals surface area contributed by atoms with Crippen molar-refractivity contribution in [3.05, 3.63) is 59.4 Å². The highest BCUT2D eigenvalue weighted by molar-refractivity contribution is 5.85. The van der Waals surface area contributed by atoms with E-state index in [2.05, 4.69) is 4.90 Å². The van der Waals surface area contributed by atoms with Gasteiger partial charge in [-0.15, -0.1) is 12.4 Å². The molecule has 1 saturated heterocycles. The zero-order valence-corrected chi connectivity index (χ0v) is 16.0. The summed E-state index contributed by atoms with van der Waals surface area (Å²) in [5.41, 5.74) is 1.82. The molecule has 0 aromatic heterocycles. The van der Waals surface area contributed by atoms with E-state index in [9.17, 15) is 9.50 Å². The van der Waals surface area contributed by atoms with Gasteiger partial charge in [-0.2, -0.15) is 0 Å². The molecule has 3 rings (SSSR count). The Balaban J connectivity index is 0.00000243. The molecule has 5 heteroatoms. The third kappa shape index (κ3) is 5.89. The molecule has 0 amide bonds. The normalized spacial score (nSPS) is 15.5. The number of rotatable bonds is 6. The summed E-state index contributed by atoms with van der Waals surface area (Å²) < 4.78 is 19.7. The minimum absolute atomic E-state index is 0. The number of nitrogens with zero attached hydrogens (tertiary/aromatic N) is 1. The molecule has 0 radical (unpaired) electrons. The maximum absolute atomic E-state index is 14.0. The van der Waals surface area contributed by atoms with E-state index in [1.54, 1.807) is 30.3 Å². The van der Waals surface area contributed by atoms with Crippen LogP contribution < -0.4 is 4.74 Å². The fourth-order valence-electron chi connectivity index (χ4n) is 3.38. The summed E-state index contributed by atoms with van der Waals surface area (Å²) in [4.78, 5) is 2.41. The van der Waals surface area contributed by atoms with E-state index in [4.69, 9.17) is 4.74 Å². The first kappa shape index (κ1) is 20.5. The van der Waals surface area contributed by atoms with Crippen LogP contribution in [0.5, 0.6) is 11.5 Å². The number of benzene rings is 2. The van der Waals surface area contributed by atoms with Crippen LogP contribution in [0, 0.1) is 18.7 Å². The van der Waals surface area contributed by atoms with Crippen molar-refractivity contribution in [3.63, 3.8) is 0 Å². The van der Waals surface area contributed by atoms with E-state index in [0.717, 1.165) is 55.8 Å². The van der Waals surface area contributed by atoms with E-state index in [0.29, 0.717) is 12.5 Å². The van der Waals surface area contributed by atoms with Gasteiger partial charge < -0.3 is 9.84 Å². The first-order valence-electron chi connectivity index (χ1n) is 8.99. The highest BCUT2D eigenvalue weighted by atomic mass is 35.5. The molecule has 0 aliphatic carbocycles. The lowest BCUT2D eigenvalue weighted by atomic mass is 9.89. The van der Waals surface area contributed by atoms with Crippen LogP contribution >= 0.6 is 12.4 Å². The van der Waals surface area contributed by atoms with E-state index in [1.807, 2.05) is 19.1 Å². The molecule has 0 atom stereocenters. The van der Waals surface area contributed by atoms with Gasteiger partial charge in [0.2, 0.25) is 0 Å². The van der Waals surface area contributed by atoms with Gasteiger partial charge in [0.15, 0.2) is 0 Å². The molecule has 1 N–H and O–H groups in total. The molecule has 2 aromatic rings. The molecule has 2 aromatic carbocycles. The van der Waals surface area contributed by atoms with Gasteiger partial charge >= 0.3 is 0 Å². The van der Waals surface area contributed by atoms with Crippen LogP contribution in [-0.4, -0.2) is 36.2 Å². The van der Waals surface area contributed by atoms with E-state index in [1.165, 1.54) is 0 Å². The van der Waals surface area contributed by atoms with Crippen molar-refractivity contribution in [1.82, 2.24) is 4.90 Å². The second kappa shape index (κ2) is 9.79. The number of piperidine rings is 1. The van der Waals surface area contributed by atoms with Crippen molar-refractivity contribution >= 4 is 12.4 Å². The predicted octanol–water partition coefficient (Wildman–Crippen LogP) is 4.60. The molecular weight excluding hydrogens is 353 g/mol. The number of aryl methyl sites for hydroxylation is 1. The molecule has 1 aliphatic rings. The van der Waals surface area contributed by atoms with Crippen molar-refractivity contribution in [1.29, 1.82) is 0 Å². The molecule has 0 spiro atoms. The van der Waals surface area contributed by atoms with Gasteiger partial charge in [-0.3, -0.25) is 4.90 Å². The third-order valence-electron chi connectivity index (χ3n) is 4.94. The number of hydrogen-bond acceptors (Lipinski definition) is 3. The summed E-state index contributed by atoms with van der Waals surface area (Å²) in [5, 5.41) is 9.26. The minimum Gasteiger partial charge on any atom is -0.508 e. The first-order chi connectivity index (χ1) is 12.1. The number of ether oxygens (including phenoxy) is 1. The van der Waals surface area contributed by atoms with Gasteiger partial charge in [-0.25, -0.2) is 4.39 Å². The van der Waals surface area contributed by atoms with Crippen LogP contribution in [0.2, 0.25) is 0 Å². The Bertz CT molecular complexity index is 685. The second-order valence-electron chi connectivity index (χ2n) is 6.93. The molecular formula is C21H27ClFNO2. The number of likely N-dealkylation sites (tertiary alicyclic amines) is 1. The summed E-state index contributed by atoms with van der Waals surface area (Å²) in [5.74, 6) is 1.53. The van der Waals surface area contributed by atoms with Crippen molar-refractivity contribution in [3.8, 4) is 11.5 Å². The van der Waals surface area contributed by atoms with Gasteiger partial charge in [0, 0.05) is 6.54 Å². The molecule has 1 fully saturated rings. The molecule has 26 heavy (non-hydrogen) atoms. The van der Waals surface area contributed by atoms with E-state index >= 15 is 0 Å². The van der Waals surface area contributed by atoms with Crippen molar-refractivity contribution in [2.24, 2.45) is 5.92 Å². The number of hydrogen-bond donors (Lipinski definition) is 1. The van der Waals surface area contributed by atoms with Crippen LogP contribution in [0.3, 0.4) is 0 Å². The van der Waals surface area contributed by atoms with Crippen LogP contribution in [0.15, 0.2) is 42.5 Å². The van der Waals surface area contributed by atoms with Crippen LogP contribution in [0.4, 0.5) is 4.39 Å². The first-order valence-corrected chi connectivity index (χ1v) is 8.99. The standard InChI is InChI=1S/C21H26FNO2.ClH/c1-16-2-3-18(21(22)14-16)15-17-8-10-23(11-9-17)12-13-25-20-6-4-19(24)5-7-20;/h2-7,14,17,24H,8-13,15H2,1H3;1H. The lowest BCUT2D eigenvalue weighted by Gasteiger charge is -2.32. The van der Waals surface area contributed by atoms with E-state index < -0.39 is 0 Å². The van der Waals surface area contributed by atoms with Gasteiger partial charge in [0.05, 0.1) is 0 Å². The number of phenolic OH excluding ortho intramolecular Hbond substituents is 1. The Labute approximate surface area is 161 Å². The minimum atomic E-state index is -0.0651. The smallest absolute Gasteiger partial charge is 0.126 e.